The van der Waals surface area contributed by atoms with Crippen molar-refractivity contribution in [2.75, 3.05) is 0 Å². The summed E-state index contributed by atoms with van der Waals surface area (Å²) in [6.45, 7) is 0. The van der Waals surface area contributed by atoms with Crippen molar-refractivity contribution in [2.45, 2.75) is 31.6 Å². The molecule has 0 bridgehead atoms. The predicted octanol–water partition coefficient (Wildman–Crippen LogP) is 4.25. The second-order valence-corrected chi connectivity index (χ2v) is 5.06. The van der Waals surface area contributed by atoms with Crippen LogP contribution in [-0.4, -0.2) is 4.98 Å². The van der Waals surface area contributed by atoms with Crippen LogP contribution in [0.25, 0.3) is 11.1 Å². The molecule has 2 nitrogen and oxygen atoms in total. The van der Waals surface area contributed by atoms with Gasteiger partial charge in [0.25, 0.3) is 0 Å². The van der Waals surface area contributed by atoms with E-state index in [2.05, 4.69) is 20.9 Å². The summed E-state index contributed by atoms with van der Waals surface area (Å²) >= 11 is 3.44. The van der Waals surface area contributed by atoms with Crippen LogP contribution in [0.2, 0.25) is 0 Å². The minimum Gasteiger partial charge on any atom is -0.440 e. The van der Waals surface area contributed by atoms with E-state index in [1.165, 1.54) is 25.7 Å². The Hall–Kier alpha value is -0.830. The summed E-state index contributed by atoms with van der Waals surface area (Å²) in [4.78, 5) is 4.56. The largest absolute Gasteiger partial charge is 0.440 e. The highest BCUT2D eigenvalue weighted by Gasteiger charge is 2.22. The molecule has 1 fully saturated rings. The van der Waals surface area contributed by atoms with Gasteiger partial charge in [0.1, 0.15) is 5.52 Å². The van der Waals surface area contributed by atoms with Crippen molar-refractivity contribution in [2.24, 2.45) is 0 Å². The summed E-state index contributed by atoms with van der Waals surface area (Å²) in [7, 11) is 0. The molecule has 1 aliphatic rings. The highest BCUT2D eigenvalue weighted by molar-refractivity contribution is 9.10. The second-order valence-electron chi connectivity index (χ2n) is 4.15. The van der Waals surface area contributed by atoms with Crippen LogP contribution in [0.1, 0.15) is 37.5 Å². The topological polar surface area (TPSA) is 26.0 Å². The van der Waals surface area contributed by atoms with Gasteiger partial charge < -0.3 is 4.42 Å². The molecule has 1 aromatic heterocycles. The van der Waals surface area contributed by atoms with Gasteiger partial charge in [-0.2, -0.15) is 0 Å². The molecule has 0 amide bonds. The van der Waals surface area contributed by atoms with Crippen LogP contribution < -0.4 is 0 Å². The second kappa shape index (κ2) is 3.63. The van der Waals surface area contributed by atoms with E-state index in [1.807, 2.05) is 18.2 Å². The van der Waals surface area contributed by atoms with Crippen molar-refractivity contribution in [1.29, 1.82) is 0 Å². The fourth-order valence-electron chi connectivity index (χ4n) is 2.27. The number of nitrogens with zero attached hydrogens (tertiary/aromatic N) is 1. The number of halogens is 1. The predicted molar refractivity (Wildman–Crippen MR) is 62.9 cm³/mol. The molecule has 0 unspecified atom stereocenters. The average molecular weight is 266 g/mol. The Labute approximate surface area is 96.8 Å². The molecular weight excluding hydrogens is 254 g/mol. The van der Waals surface area contributed by atoms with E-state index >= 15 is 0 Å². The van der Waals surface area contributed by atoms with Crippen molar-refractivity contribution < 1.29 is 4.42 Å². The van der Waals surface area contributed by atoms with Gasteiger partial charge >= 0.3 is 0 Å². The van der Waals surface area contributed by atoms with Crippen LogP contribution in [-0.2, 0) is 0 Å². The first-order valence-electron chi connectivity index (χ1n) is 5.39. The van der Waals surface area contributed by atoms with Crippen molar-refractivity contribution in [3.63, 3.8) is 0 Å². The average Bonchev–Trinajstić information content (AvgIpc) is 2.84. The number of benzene rings is 1. The fourth-order valence-corrected chi connectivity index (χ4v) is 2.61. The zero-order valence-corrected chi connectivity index (χ0v) is 9.96. The summed E-state index contributed by atoms with van der Waals surface area (Å²) in [6.07, 6.45) is 5.09. The summed E-state index contributed by atoms with van der Waals surface area (Å²) < 4.78 is 6.83. The Bertz CT molecular complexity index is 485. The lowest BCUT2D eigenvalue weighted by Crippen LogP contribution is -1.90. The van der Waals surface area contributed by atoms with E-state index in [9.17, 15) is 0 Å². The van der Waals surface area contributed by atoms with E-state index in [-0.39, 0.29) is 0 Å². The van der Waals surface area contributed by atoms with Crippen LogP contribution in [0.5, 0.6) is 0 Å². The van der Waals surface area contributed by atoms with Crippen LogP contribution in [0.4, 0.5) is 0 Å². The monoisotopic (exact) mass is 265 g/mol. The minimum atomic E-state index is 0.552. The molecule has 15 heavy (non-hydrogen) atoms. The number of hydrogen-bond acceptors (Lipinski definition) is 2. The van der Waals surface area contributed by atoms with Crippen LogP contribution in [0.15, 0.2) is 27.1 Å². The number of fused-ring (bicyclic) bond motifs is 1. The first kappa shape index (κ1) is 9.40. The molecule has 0 N–H and O–H groups in total. The molecular formula is C12H12BrNO. The molecule has 0 saturated heterocycles. The molecule has 1 saturated carbocycles. The molecule has 3 rings (SSSR count). The lowest BCUT2D eigenvalue weighted by Gasteiger charge is -2.00. The van der Waals surface area contributed by atoms with Gasteiger partial charge in [-0.1, -0.05) is 28.8 Å². The van der Waals surface area contributed by atoms with Crippen LogP contribution in [0, 0.1) is 0 Å². The maximum Gasteiger partial charge on any atom is 0.198 e. The van der Waals surface area contributed by atoms with Gasteiger partial charge in [0.05, 0.1) is 0 Å². The number of rotatable bonds is 1. The van der Waals surface area contributed by atoms with Gasteiger partial charge in [-0.15, -0.1) is 0 Å². The third kappa shape index (κ3) is 1.69. The van der Waals surface area contributed by atoms with Gasteiger partial charge in [-0.25, -0.2) is 4.98 Å². The lowest BCUT2D eigenvalue weighted by atomic mass is 10.1. The van der Waals surface area contributed by atoms with Crippen molar-refractivity contribution in [3.8, 4) is 0 Å². The Balaban J connectivity index is 2.05. The first-order valence-corrected chi connectivity index (χ1v) is 6.18. The summed E-state index contributed by atoms with van der Waals surface area (Å²) in [5, 5.41) is 0. The molecule has 0 radical (unpaired) electrons. The Kier molecular flexibility index (Phi) is 2.28. The van der Waals surface area contributed by atoms with E-state index in [0.29, 0.717) is 5.92 Å². The SMILES string of the molecule is Brc1ccc2oc(C3CCCC3)nc2c1. The maximum atomic E-state index is 5.78. The summed E-state index contributed by atoms with van der Waals surface area (Å²) in [6, 6.07) is 5.98. The van der Waals surface area contributed by atoms with Gasteiger partial charge in [0.15, 0.2) is 11.5 Å². The minimum absolute atomic E-state index is 0.552. The van der Waals surface area contributed by atoms with E-state index < -0.39 is 0 Å². The van der Waals surface area contributed by atoms with Crippen molar-refractivity contribution in [3.05, 3.63) is 28.6 Å². The Morgan fingerprint density at radius 3 is 2.87 bits per heavy atom. The van der Waals surface area contributed by atoms with E-state index in [4.69, 9.17) is 4.42 Å². The fraction of sp³-hybridized carbons (Fsp3) is 0.417. The Morgan fingerprint density at radius 1 is 1.27 bits per heavy atom. The highest BCUT2D eigenvalue weighted by atomic mass is 79.9. The molecule has 1 aromatic carbocycles. The summed E-state index contributed by atoms with van der Waals surface area (Å²) in [5.41, 5.74) is 1.87. The third-order valence-electron chi connectivity index (χ3n) is 3.07. The molecule has 0 spiro atoms. The van der Waals surface area contributed by atoms with E-state index in [1.54, 1.807) is 0 Å². The number of hydrogen-bond donors (Lipinski definition) is 0. The normalized spacial score (nSPS) is 17.7. The van der Waals surface area contributed by atoms with Gasteiger partial charge in [-0.3, -0.25) is 0 Å². The van der Waals surface area contributed by atoms with Gasteiger partial charge in [0, 0.05) is 10.4 Å². The number of oxazole rings is 1. The Morgan fingerprint density at radius 2 is 2.07 bits per heavy atom. The van der Waals surface area contributed by atoms with Crippen LogP contribution >= 0.6 is 15.9 Å². The zero-order valence-electron chi connectivity index (χ0n) is 8.37. The molecule has 0 aliphatic heterocycles. The molecule has 1 aliphatic carbocycles. The first-order chi connectivity index (χ1) is 7.33. The standard InChI is InChI=1S/C12H12BrNO/c13-9-5-6-11-10(7-9)14-12(15-11)8-3-1-2-4-8/h5-8H,1-4H2. The molecule has 2 aromatic rings. The van der Waals surface area contributed by atoms with Crippen molar-refractivity contribution in [1.82, 2.24) is 4.98 Å². The highest BCUT2D eigenvalue weighted by Crippen LogP contribution is 2.35. The third-order valence-corrected chi connectivity index (χ3v) is 3.56. The van der Waals surface area contributed by atoms with E-state index in [0.717, 1.165) is 21.5 Å². The molecule has 78 valence electrons. The van der Waals surface area contributed by atoms with Gasteiger partial charge in [-0.05, 0) is 31.0 Å². The molecule has 0 atom stereocenters. The quantitative estimate of drug-likeness (QED) is 0.771. The summed E-state index contributed by atoms with van der Waals surface area (Å²) in [5.74, 6) is 1.48. The number of aromatic nitrogens is 1. The maximum absolute atomic E-state index is 5.78. The van der Waals surface area contributed by atoms with Crippen LogP contribution in [0.3, 0.4) is 0 Å². The lowest BCUT2D eigenvalue weighted by molar-refractivity contribution is 0.474. The molecule has 1 heterocycles. The molecule has 3 heteroatoms. The van der Waals surface area contributed by atoms with Gasteiger partial charge in [0.2, 0.25) is 0 Å². The smallest absolute Gasteiger partial charge is 0.198 e. The van der Waals surface area contributed by atoms with Crippen molar-refractivity contribution >= 4 is 27.0 Å². The zero-order chi connectivity index (χ0) is 10.3.